The summed E-state index contributed by atoms with van der Waals surface area (Å²) in [6, 6.07) is 7.26. The van der Waals surface area contributed by atoms with Gasteiger partial charge in [0.25, 0.3) is 0 Å². The van der Waals surface area contributed by atoms with Crippen LogP contribution in [0.4, 0.5) is 0 Å². The zero-order valence-electron chi connectivity index (χ0n) is 12.7. The number of alkyl halides is 1. The molecule has 0 saturated heterocycles. The van der Waals surface area contributed by atoms with Crippen molar-refractivity contribution in [2.75, 3.05) is 0 Å². The van der Waals surface area contributed by atoms with Crippen LogP contribution in [0, 0.1) is 0 Å². The van der Waals surface area contributed by atoms with E-state index in [0.29, 0.717) is 17.9 Å². The molecule has 1 unspecified atom stereocenters. The molecular formula is C15H17Cl2N3O3S. The molecule has 1 heterocycles. The molecule has 1 aliphatic rings. The van der Waals surface area contributed by atoms with Gasteiger partial charge in [-0.2, -0.15) is 5.10 Å². The maximum Gasteiger partial charge on any atom is 0.147 e. The van der Waals surface area contributed by atoms with Crippen molar-refractivity contribution < 1.29 is 13.5 Å². The molecule has 24 heavy (non-hydrogen) atoms. The molecule has 0 radical (unpaired) electrons. The van der Waals surface area contributed by atoms with E-state index in [1.807, 2.05) is 18.2 Å². The molecule has 3 rings (SSSR count). The van der Waals surface area contributed by atoms with Crippen molar-refractivity contribution in [1.82, 2.24) is 14.8 Å². The van der Waals surface area contributed by atoms with E-state index in [4.69, 9.17) is 23.2 Å². The number of aliphatic hydroxyl groups is 1. The van der Waals surface area contributed by atoms with Gasteiger partial charge in [0.05, 0.1) is 11.4 Å². The number of hydrogen-bond acceptors (Lipinski definition) is 5. The molecule has 130 valence electrons. The fraction of sp³-hybridized carbons (Fsp3) is 0.467. The maximum atomic E-state index is 11.3. The number of nitrogens with zero attached hydrogens (tertiary/aromatic N) is 3. The summed E-state index contributed by atoms with van der Waals surface area (Å²) >= 11 is 12.8. The fourth-order valence-corrected chi connectivity index (χ4v) is 3.69. The summed E-state index contributed by atoms with van der Waals surface area (Å²) in [7, 11) is -2.63. The summed E-state index contributed by atoms with van der Waals surface area (Å²) in [6.07, 6.45) is 2.88. The van der Waals surface area contributed by atoms with E-state index in [9.17, 15) is 13.5 Å². The highest BCUT2D eigenvalue weighted by atomic mass is 35.5. The summed E-state index contributed by atoms with van der Waals surface area (Å²) in [6.45, 7) is 0.0558. The molecule has 6 nitrogen and oxygen atoms in total. The number of thiol groups is 1. The Balaban J connectivity index is 1.90. The molecule has 2 aromatic rings. The number of benzene rings is 1. The lowest BCUT2D eigenvalue weighted by atomic mass is 9.89. The molecule has 1 N–H and O–H groups in total. The summed E-state index contributed by atoms with van der Waals surface area (Å²) in [5.74, 6) is 0.0527. The Morgan fingerprint density at radius 2 is 2.04 bits per heavy atom. The third-order valence-corrected chi connectivity index (χ3v) is 5.98. The molecular weight excluding hydrogens is 373 g/mol. The van der Waals surface area contributed by atoms with Gasteiger partial charge in [-0.1, -0.05) is 29.8 Å². The van der Waals surface area contributed by atoms with Crippen LogP contribution < -0.4 is 0 Å². The summed E-state index contributed by atoms with van der Waals surface area (Å²) in [4.78, 5) is 3.19. The Labute approximate surface area is 151 Å². The average Bonchev–Trinajstić information content (AvgIpc) is 3.14. The van der Waals surface area contributed by atoms with Gasteiger partial charge in [0.2, 0.25) is 0 Å². The molecule has 1 aromatic carbocycles. The molecule has 0 amide bonds. The average molecular weight is 390 g/mol. The minimum Gasteiger partial charge on any atom is -0.386 e. The summed E-state index contributed by atoms with van der Waals surface area (Å²) in [5, 5.41) is 15.9. The lowest BCUT2D eigenvalue weighted by Gasteiger charge is -2.33. The molecule has 0 aliphatic heterocycles. The highest BCUT2D eigenvalue weighted by Crippen LogP contribution is 2.53. The van der Waals surface area contributed by atoms with Gasteiger partial charge in [-0.05, 0) is 24.5 Å². The van der Waals surface area contributed by atoms with Crippen molar-refractivity contribution >= 4 is 33.9 Å². The Morgan fingerprint density at radius 3 is 2.67 bits per heavy atom. The first-order valence-electron chi connectivity index (χ1n) is 7.46. The van der Waals surface area contributed by atoms with Gasteiger partial charge < -0.3 is 5.11 Å². The topological polar surface area (TPSA) is 85.1 Å². The van der Waals surface area contributed by atoms with Gasteiger partial charge in [-0.25, -0.2) is 18.1 Å². The number of rotatable bonds is 7. The second kappa shape index (κ2) is 6.63. The highest BCUT2D eigenvalue weighted by Gasteiger charge is 2.58. The summed E-state index contributed by atoms with van der Waals surface area (Å²) in [5.41, 5.74) is -0.526. The maximum absolute atomic E-state index is 11.3. The molecule has 9 heteroatoms. The van der Waals surface area contributed by atoms with Crippen molar-refractivity contribution in [2.24, 2.45) is 0 Å². The molecule has 1 atom stereocenters. The predicted molar refractivity (Wildman–Crippen MR) is 92.0 cm³/mol. The van der Waals surface area contributed by atoms with Gasteiger partial charge in [0.15, 0.2) is 0 Å². The van der Waals surface area contributed by atoms with E-state index in [-0.39, 0.29) is 24.5 Å². The van der Waals surface area contributed by atoms with Gasteiger partial charge in [0, 0.05) is 11.4 Å². The Morgan fingerprint density at radius 1 is 1.33 bits per heavy atom. The minimum absolute atomic E-state index is 0.0558. The van der Waals surface area contributed by atoms with Crippen LogP contribution in [0.1, 0.15) is 24.2 Å². The SMILES string of the molecule is O=[SH](=O)Cc1ncnn1CC(O)(Cc1ccccc1Cl)C1(Cl)CC1. The predicted octanol–water partition coefficient (Wildman–Crippen LogP) is 1.79. The first-order valence-corrected chi connectivity index (χ1v) is 9.58. The Hall–Kier alpha value is -1.15. The van der Waals surface area contributed by atoms with Crippen LogP contribution in [0.15, 0.2) is 30.6 Å². The van der Waals surface area contributed by atoms with Gasteiger partial charge in [-0.3, -0.25) is 0 Å². The number of halogens is 2. The van der Waals surface area contributed by atoms with E-state index < -0.39 is 21.2 Å². The van der Waals surface area contributed by atoms with Crippen molar-refractivity contribution in [3.05, 3.63) is 47.0 Å². The van der Waals surface area contributed by atoms with Crippen molar-refractivity contribution in [1.29, 1.82) is 0 Å². The second-order valence-electron chi connectivity index (χ2n) is 6.09. The number of hydrogen-bond donors (Lipinski definition) is 2. The third-order valence-electron chi connectivity index (χ3n) is 4.34. The van der Waals surface area contributed by atoms with Crippen LogP contribution in [-0.2, 0) is 29.4 Å². The van der Waals surface area contributed by atoms with Crippen LogP contribution in [0.3, 0.4) is 0 Å². The first-order chi connectivity index (χ1) is 11.3. The normalized spacial score (nSPS) is 18.5. The first kappa shape index (κ1) is 17.7. The van der Waals surface area contributed by atoms with E-state index in [1.165, 1.54) is 11.0 Å². The Kier molecular flexibility index (Phi) is 4.88. The van der Waals surface area contributed by atoms with E-state index in [2.05, 4.69) is 10.1 Å². The van der Waals surface area contributed by atoms with Crippen LogP contribution >= 0.6 is 23.2 Å². The molecule has 1 fully saturated rings. The number of aromatic nitrogens is 3. The zero-order chi connectivity index (χ0) is 17.4. The highest BCUT2D eigenvalue weighted by molar-refractivity contribution is 7.71. The minimum atomic E-state index is -2.63. The summed E-state index contributed by atoms with van der Waals surface area (Å²) < 4.78 is 23.4. The molecule has 0 spiro atoms. The van der Waals surface area contributed by atoms with Gasteiger partial charge >= 0.3 is 0 Å². The monoisotopic (exact) mass is 389 g/mol. The second-order valence-corrected chi connectivity index (χ2v) is 8.20. The fourth-order valence-electron chi connectivity index (χ4n) is 2.79. The quantitative estimate of drug-likeness (QED) is 0.556. The zero-order valence-corrected chi connectivity index (χ0v) is 15.1. The van der Waals surface area contributed by atoms with Crippen LogP contribution in [0.2, 0.25) is 5.02 Å². The van der Waals surface area contributed by atoms with Crippen LogP contribution in [-0.4, -0.2) is 38.8 Å². The largest absolute Gasteiger partial charge is 0.386 e. The van der Waals surface area contributed by atoms with Crippen LogP contribution in [0.5, 0.6) is 0 Å². The van der Waals surface area contributed by atoms with E-state index >= 15 is 0 Å². The van der Waals surface area contributed by atoms with Crippen molar-refractivity contribution in [3.8, 4) is 0 Å². The van der Waals surface area contributed by atoms with Gasteiger partial charge in [-0.15, -0.1) is 11.6 Å². The van der Waals surface area contributed by atoms with Crippen LogP contribution in [0.25, 0.3) is 0 Å². The van der Waals surface area contributed by atoms with Crippen molar-refractivity contribution in [3.63, 3.8) is 0 Å². The standard InChI is InChI=1S/C15H17Cl2N3O3S/c16-12-4-2-1-3-11(12)7-15(21,14(17)5-6-14)9-20-13(8-24(22)23)18-10-19-20/h1-4,10,21,24H,5-9H2. The van der Waals surface area contributed by atoms with E-state index in [1.54, 1.807) is 6.07 Å². The van der Waals surface area contributed by atoms with E-state index in [0.717, 1.165) is 5.56 Å². The van der Waals surface area contributed by atoms with Crippen molar-refractivity contribution in [2.45, 2.75) is 42.0 Å². The lowest BCUT2D eigenvalue weighted by molar-refractivity contribution is 0.00702. The molecule has 1 aliphatic carbocycles. The third kappa shape index (κ3) is 3.59. The Bertz CT molecular complexity index is 812. The molecule has 0 bridgehead atoms. The molecule has 1 saturated carbocycles. The smallest absolute Gasteiger partial charge is 0.147 e. The van der Waals surface area contributed by atoms with Gasteiger partial charge in [0.1, 0.15) is 34.2 Å². The molecule has 1 aromatic heterocycles. The lowest BCUT2D eigenvalue weighted by Crippen LogP contribution is -2.47.